The molecule has 5 heteroatoms. The second kappa shape index (κ2) is 4.96. The van der Waals surface area contributed by atoms with Gasteiger partial charge >= 0.3 is 0 Å². The molecule has 0 saturated heterocycles. The number of hydrogen-bond acceptors (Lipinski definition) is 2. The summed E-state index contributed by atoms with van der Waals surface area (Å²) in [4.78, 5) is 25.8. The summed E-state index contributed by atoms with van der Waals surface area (Å²) in [5.74, 6) is -0.363. The van der Waals surface area contributed by atoms with Crippen molar-refractivity contribution >= 4 is 11.6 Å². The van der Waals surface area contributed by atoms with Crippen LogP contribution < -0.4 is 4.57 Å². The Bertz CT molecular complexity index is 975. The average Bonchev–Trinajstić information content (AvgIpc) is 2.85. The van der Waals surface area contributed by atoms with E-state index in [1.807, 2.05) is 0 Å². The molecule has 0 N–H and O–H groups in total. The van der Waals surface area contributed by atoms with E-state index in [0.717, 1.165) is 0 Å². The summed E-state index contributed by atoms with van der Waals surface area (Å²) in [6.45, 7) is 0. The maximum Gasteiger partial charge on any atom is 0.292 e. The molecule has 0 fully saturated rings. The minimum Gasteiger partial charge on any atom is -0.284 e. The van der Waals surface area contributed by atoms with E-state index in [2.05, 4.69) is 0 Å². The van der Waals surface area contributed by atoms with Crippen molar-refractivity contribution in [1.29, 1.82) is 0 Å². The van der Waals surface area contributed by atoms with Gasteiger partial charge in [0.2, 0.25) is 23.0 Å². The van der Waals surface area contributed by atoms with Gasteiger partial charge in [0.1, 0.15) is 5.82 Å². The van der Waals surface area contributed by atoms with E-state index < -0.39 is 5.82 Å². The van der Waals surface area contributed by atoms with Gasteiger partial charge in [-0.15, -0.1) is 0 Å². The zero-order valence-electron chi connectivity index (χ0n) is 13.2. The Morgan fingerprint density at radius 3 is 2.04 bits per heavy atom. The molecule has 0 bridgehead atoms. The van der Waals surface area contributed by atoms with Crippen molar-refractivity contribution in [3.63, 3.8) is 0 Å². The van der Waals surface area contributed by atoms with E-state index in [1.54, 1.807) is 65.7 Å². The number of fused-ring (bicyclic) bond motifs is 2. The minimum absolute atomic E-state index is 0.221. The van der Waals surface area contributed by atoms with Crippen LogP contribution in [0.25, 0.3) is 11.4 Å². The number of hydrogen-bond donors (Lipinski definition) is 0. The molecule has 1 heterocycles. The highest BCUT2D eigenvalue weighted by Gasteiger charge is 2.42. The van der Waals surface area contributed by atoms with Crippen molar-refractivity contribution in [2.45, 2.75) is 0 Å². The highest BCUT2D eigenvalue weighted by atomic mass is 19.1. The van der Waals surface area contributed by atoms with Crippen molar-refractivity contribution in [3.8, 4) is 11.4 Å². The van der Waals surface area contributed by atoms with E-state index >= 15 is 0 Å². The van der Waals surface area contributed by atoms with Crippen LogP contribution in [0.15, 0.2) is 48.5 Å². The Balaban J connectivity index is 2.06. The number of rotatable bonds is 1. The summed E-state index contributed by atoms with van der Waals surface area (Å²) in [5, 5.41) is 0. The zero-order valence-corrected chi connectivity index (χ0v) is 13.2. The van der Waals surface area contributed by atoms with E-state index in [-0.39, 0.29) is 11.6 Å². The molecule has 0 atom stereocenters. The van der Waals surface area contributed by atoms with Gasteiger partial charge in [0.05, 0.1) is 19.7 Å². The number of halogens is 1. The van der Waals surface area contributed by atoms with Crippen LogP contribution in [0.2, 0.25) is 0 Å². The largest absolute Gasteiger partial charge is 0.292 e. The number of carbonyl (C=O) groups is 2. The van der Waals surface area contributed by atoms with E-state index in [4.69, 9.17) is 0 Å². The molecular formula is C19H14FN2O2+. The van der Waals surface area contributed by atoms with Gasteiger partial charge in [0.15, 0.2) is 0 Å². The summed E-state index contributed by atoms with van der Waals surface area (Å²) in [7, 11) is 3.36. The Morgan fingerprint density at radius 2 is 1.42 bits per heavy atom. The second-order valence-corrected chi connectivity index (χ2v) is 5.82. The molecule has 1 aromatic heterocycles. The first-order valence-electron chi connectivity index (χ1n) is 7.54. The molecule has 2 aromatic carbocycles. The molecular weight excluding hydrogens is 307 g/mol. The smallest absolute Gasteiger partial charge is 0.284 e. The third-order valence-corrected chi connectivity index (χ3v) is 4.49. The molecule has 0 aliphatic heterocycles. The normalized spacial score (nSPS) is 13.0. The highest BCUT2D eigenvalue weighted by Crippen LogP contribution is 2.29. The molecule has 0 radical (unpaired) electrons. The Hall–Kier alpha value is -3.08. The molecule has 0 amide bonds. The standard InChI is InChI=1S/C19H14FN2O2/c1-21-15-16(18(24)12-8-4-3-7-11(12)17(15)23)22(2)19(21)13-9-5-6-10-14(13)20/h3-10H,1-2H3/q+1. The molecule has 0 spiro atoms. The lowest BCUT2D eigenvalue weighted by molar-refractivity contribution is -0.661. The maximum atomic E-state index is 14.3. The quantitative estimate of drug-likeness (QED) is 0.505. The lowest BCUT2D eigenvalue weighted by Gasteiger charge is -2.11. The van der Waals surface area contributed by atoms with Crippen LogP contribution in [0.1, 0.15) is 32.1 Å². The Kier molecular flexibility index (Phi) is 3.00. The monoisotopic (exact) mass is 321 g/mol. The summed E-state index contributed by atoms with van der Waals surface area (Å²) < 4.78 is 17.5. The summed E-state index contributed by atoms with van der Waals surface area (Å²) in [6.07, 6.45) is 0. The lowest BCUT2D eigenvalue weighted by atomic mass is 9.90. The fraction of sp³-hybridized carbons (Fsp3) is 0.105. The van der Waals surface area contributed by atoms with Crippen molar-refractivity contribution in [2.24, 2.45) is 14.1 Å². The van der Waals surface area contributed by atoms with E-state index in [9.17, 15) is 14.0 Å². The lowest BCUT2D eigenvalue weighted by Crippen LogP contribution is -2.39. The highest BCUT2D eigenvalue weighted by molar-refractivity contribution is 6.26. The number of imidazole rings is 1. The van der Waals surface area contributed by atoms with Gasteiger partial charge in [-0.2, -0.15) is 0 Å². The van der Waals surface area contributed by atoms with Crippen molar-refractivity contribution in [2.75, 3.05) is 0 Å². The fourth-order valence-electron chi connectivity index (χ4n) is 3.41. The average molecular weight is 321 g/mol. The van der Waals surface area contributed by atoms with Gasteiger partial charge in [0.25, 0.3) is 5.82 Å². The first-order chi connectivity index (χ1) is 11.5. The first kappa shape index (κ1) is 14.5. The number of carbonyl (C=O) groups excluding carboxylic acids is 2. The number of aromatic nitrogens is 2. The van der Waals surface area contributed by atoms with Crippen LogP contribution in [0, 0.1) is 5.82 Å². The summed E-state index contributed by atoms with van der Waals surface area (Å²) >= 11 is 0. The predicted octanol–water partition coefficient (Wildman–Crippen LogP) is 2.43. The third-order valence-electron chi connectivity index (χ3n) is 4.49. The number of nitrogens with zero attached hydrogens (tertiary/aromatic N) is 2. The molecule has 0 unspecified atom stereocenters. The van der Waals surface area contributed by atoms with Crippen molar-refractivity contribution in [3.05, 3.63) is 76.9 Å². The van der Waals surface area contributed by atoms with Crippen molar-refractivity contribution < 1.29 is 18.5 Å². The van der Waals surface area contributed by atoms with E-state index in [1.165, 1.54) is 6.07 Å². The Labute approximate surface area is 137 Å². The van der Waals surface area contributed by atoms with Crippen molar-refractivity contribution in [1.82, 2.24) is 4.57 Å². The van der Waals surface area contributed by atoms with Gasteiger partial charge in [-0.1, -0.05) is 36.4 Å². The molecule has 24 heavy (non-hydrogen) atoms. The topological polar surface area (TPSA) is 43.0 Å². The first-order valence-corrected chi connectivity index (χ1v) is 7.54. The van der Waals surface area contributed by atoms with Gasteiger partial charge in [0, 0.05) is 11.1 Å². The molecule has 118 valence electrons. The maximum absolute atomic E-state index is 14.3. The second-order valence-electron chi connectivity index (χ2n) is 5.82. The minimum atomic E-state index is -0.400. The van der Waals surface area contributed by atoms with Crippen LogP contribution in [-0.2, 0) is 14.1 Å². The number of ketones is 2. The fourth-order valence-corrected chi connectivity index (χ4v) is 3.41. The van der Waals surface area contributed by atoms with Crippen LogP contribution >= 0.6 is 0 Å². The van der Waals surface area contributed by atoms with Gasteiger partial charge in [-0.25, -0.2) is 13.5 Å². The molecule has 4 rings (SSSR count). The molecule has 3 aromatic rings. The van der Waals surface area contributed by atoms with Crippen LogP contribution in [-0.4, -0.2) is 16.1 Å². The molecule has 0 saturated carbocycles. The SMILES string of the molecule is Cn1c2c([n+](C)c1-c1ccccc1F)C(=O)c1ccccc1C2=O. The zero-order chi connectivity index (χ0) is 17.0. The van der Waals surface area contributed by atoms with Crippen LogP contribution in [0.3, 0.4) is 0 Å². The van der Waals surface area contributed by atoms with Crippen LogP contribution in [0.4, 0.5) is 4.39 Å². The van der Waals surface area contributed by atoms with E-state index in [0.29, 0.717) is 33.9 Å². The summed E-state index contributed by atoms with van der Waals surface area (Å²) in [6, 6.07) is 13.1. The molecule has 4 nitrogen and oxygen atoms in total. The molecule has 1 aliphatic rings. The number of benzene rings is 2. The van der Waals surface area contributed by atoms with Gasteiger partial charge in [-0.05, 0) is 12.1 Å². The molecule has 1 aliphatic carbocycles. The third kappa shape index (κ3) is 1.75. The van der Waals surface area contributed by atoms with Crippen LogP contribution in [0.5, 0.6) is 0 Å². The Morgan fingerprint density at radius 1 is 0.875 bits per heavy atom. The predicted molar refractivity (Wildman–Crippen MR) is 85.3 cm³/mol. The van der Waals surface area contributed by atoms with Gasteiger partial charge < -0.3 is 0 Å². The summed E-state index contributed by atoms with van der Waals surface area (Å²) in [5.41, 5.74) is 1.70. The van der Waals surface area contributed by atoms with Gasteiger partial charge in [-0.3, -0.25) is 9.59 Å².